The van der Waals surface area contributed by atoms with Crippen LogP contribution in [0.2, 0.25) is 0 Å². The van der Waals surface area contributed by atoms with Gasteiger partial charge in [0.1, 0.15) is 0 Å². The van der Waals surface area contributed by atoms with Gasteiger partial charge in [-0.1, -0.05) is 30.3 Å². The number of hydrogen-bond acceptors (Lipinski definition) is 4. The molecule has 0 heterocycles. The van der Waals surface area contributed by atoms with E-state index >= 15 is 0 Å². The van der Waals surface area contributed by atoms with Gasteiger partial charge in [-0.2, -0.15) is 13.9 Å². The third-order valence-corrected chi connectivity index (χ3v) is 2.86. The summed E-state index contributed by atoms with van der Waals surface area (Å²) < 4.78 is 32.1. The van der Waals surface area contributed by atoms with Crippen LogP contribution in [0.25, 0.3) is 0 Å². The van der Waals surface area contributed by atoms with Gasteiger partial charge >= 0.3 is 12.0 Å². The molecule has 0 radical (unpaired) electrons. The van der Waals surface area contributed by atoms with Gasteiger partial charge in [0.05, 0.1) is 24.8 Å². The second kappa shape index (κ2) is 6.89. The van der Waals surface area contributed by atoms with Gasteiger partial charge in [-0.25, -0.2) is 4.79 Å². The van der Waals surface area contributed by atoms with E-state index in [1.165, 1.54) is 31.4 Å². The average molecular weight is 304 g/mol. The van der Waals surface area contributed by atoms with Crippen LogP contribution in [0.3, 0.4) is 0 Å². The van der Waals surface area contributed by atoms with Crippen molar-refractivity contribution in [1.82, 2.24) is 0 Å². The molecule has 0 aromatic heterocycles. The van der Waals surface area contributed by atoms with Gasteiger partial charge in [-0.15, -0.1) is 5.11 Å². The molecule has 0 N–H and O–H groups in total. The summed E-state index contributed by atoms with van der Waals surface area (Å²) in [6.45, 7) is 0. The van der Waals surface area contributed by atoms with Crippen molar-refractivity contribution >= 4 is 11.7 Å². The molecular weight excluding hydrogens is 290 g/mol. The molecule has 0 amide bonds. The molecular formula is C16H14F2N2O2. The standard InChI is InChI=1S/C16H14F2N2O2/c1-22-15(21)13-9-7-12(8-10-13)11-16(17,18)20-19-14-5-3-2-4-6-14/h2-10H,11H2,1H3. The molecule has 22 heavy (non-hydrogen) atoms. The zero-order valence-corrected chi connectivity index (χ0v) is 11.9. The summed E-state index contributed by atoms with van der Waals surface area (Å²) in [6.07, 6.45) is -0.592. The van der Waals surface area contributed by atoms with E-state index in [1.54, 1.807) is 30.3 Å². The number of esters is 1. The van der Waals surface area contributed by atoms with Crippen molar-refractivity contribution in [3.63, 3.8) is 0 Å². The van der Waals surface area contributed by atoms with Gasteiger partial charge in [0.2, 0.25) is 0 Å². The van der Waals surface area contributed by atoms with Crippen LogP contribution in [-0.2, 0) is 11.2 Å². The van der Waals surface area contributed by atoms with E-state index in [1.807, 2.05) is 0 Å². The molecule has 0 aliphatic heterocycles. The van der Waals surface area contributed by atoms with Crippen molar-refractivity contribution in [1.29, 1.82) is 0 Å². The van der Waals surface area contributed by atoms with Crippen molar-refractivity contribution < 1.29 is 18.3 Å². The molecule has 0 saturated heterocycles. The van der Waals surface area contributed by atoms with Crippen LogP contribution in [0.4, 0.5) is 14.5 Å². The molecule has 0 unspecified atom stereocenters. The molecule has 114 valence electrons. The molecule has 0 aliphatic rings. The molecule has 2 aromatic carbocycles. The lowest BCUT2D eigenvalue weighted by atomic mass is 10.1. The minimum absolute atomic E-state index is 0.306. The average Bonchev–Trinajstić information content (AvgIpc) is 2.54. The van der Waals surface area contributed by atoms with Crippen molar-refractivity contribution in [2.45, 2.75) is 12.5 Å². The third kappa shape index (κ3) is 4.44. The Bertz CT molecular complexity index is 656. The first-order chi connectivity index (χ1) is 10.5. The molecule has 0 saturated carbocycles. The van der Waals surface area contributed by atoms with Gasteiger partial charge in [-0.3, -0.25) is 0 Å². The lowest BCUT2D eigenvalue weighted by molar-refractivity contribution is 0.00427. The molecule has 0 bridgehead atoms. The summed E-state index contributed by atoms with van der Waals surface area (Å²) in [5.74, 6) is -0.512. The summed E-state index contributed by atoms with van der Waals surface area (Å²) in [6, 6.07) is 10.8. The molecule has 0 fully saturated rings. The van der Waals surface area contributed by atoms with Gasteiger partial charge in [-0.05, 0) is 29.8 Å². The van der Waals surface area contributed by atoms with Crippen molar-refractivity contribution in [2.75, 3.05) is 7.11 Å². The first kappa shape index (κ1) is 15.8. The Balaban J connectivity index is 2.05. The Hall–Kier alpha value is -2.63. The summed E-state index contributed by atoms with van der Waals surface area (Å²) in [5.41, 5.74) is 1.02. The maximum absolute atomic E-state index is 13.8. The topological polar surface area (TPSA) is 51.0 Å². The highest BCUT2D eigenvalue weighted by atomic mass is 19.3. The highest BCUT2D eigenvalue weighted by Crippen LogP contribution is 2.24. The fourth-order valence-electron chi connectivity index (χ4n) is 1.78. The van der Waals surface area contributed by atoms with E-state index < -0.39 is 18.4 Å². The maximum atomic E-state index is 13.8. The number of rotatable bonds is 5. The van der Waals surface area contributed by atoms with Crippen LogP contribution in [0.15, 0.2) is 64.8 Å². The second-order valence-electron chi connectivity index (χ2n) is 4.57. The summed E-state index contributed by atoms with van der Waals surface area (Å²) >= 11 is 0. The van der Waals surface area contributed by atoms with Crippen LogP contribution < -0.4 is 0 Å². The SMILES string of the molecule is COC(=O)c1ccc(CC(F)(F)N=Nc2ccccc2)cc1. The molecule has 0 spiro atoms. The summed E-state index contributed by atoms with van der Waals surface area (Å²) in [4.78, 5) is 11.3. The second-order valence-corrected chi connectivity index (χ2v) is 4.57. The Morgan fingerprint density at radius 2 is 1.73 bits per heavy atom. The Morgan fingerprint density at radius 1 is 1.09 bits per heavy atom. The number of alkyl halides is 2. The van der Waals surface area contributed by atoms with Gasteiger partial charge < -0.3 is 4.74 Å². The number of benzene rings is 2. The first-order valence-electron chi connectivity index (χ1n) is 6.53. The van der Waals surface area contributed by atoms with Gasteiger partial charge in [0.15, 0.2) is 0 Å². The Labute approximate surface area is 126 Å². The van der Waals surface area contributed by atoms with E-state index in [0.29, 0.717) is 16.8 Å². The molecule has 2 aromatic rings. The van der Waals surface area contributed by atoms with Crippen LogP contribution in [0.5, 0.6) is 0 Å². The molecule has 0 atom stereocenters. The monoisotopic (exact) mass is 304 g/mol. The van der Waals surface area contributed by atoms with E-state index in [-0.39, 0.29) is 0 Å². The molecule has 0 aliphatic carbocycles. The zero-order chi connectivity index (χ0) is 16.0. The summed E-state index contributed by atoms with van der Waals surface area (Å²) in [7, 11) is 1.26. The van der Waals surface area contributed by atoms with E-state index in [9.17, 15) is 13.6 Å². The number of nitrogens with zero attached hydrogens (tertiary/aromatic N) is 2. The van der Waals surface area contributed by atoms with E-state index in [2.05, 4.69) is 15.0 Å². The van der Waals surface area contributed by atoms with Crippen molar-refractivity contribution in [3.05, 3.63) is 65.7 Å². The number of methoxy groups -OCH3 is 1. The number of hydrogen-bond donors (Lipinski definition) is 0. The fraction of sp³-hybridized carbons (Fsp3) is 0.188. The quantitative estimate of drug-likeness (QED) is 0.467. The van der Waals surface area contributed by atoms with Crippen LogP contribution in [0.1, 0.15) is 15.9 Å². The zero-order valence-electron chi connectivity index (χ0n) is 11.9. The largest absolute Gasteiger partial charge is 0.465 e. The summed E-state index contributed by atoms with van der Waals surface area (Å²) in [5, 5.41) is 6.63. The highest BCUT2D eigenvalue weighted by Gasteiger charge is 2.28. The normalized spacial score (nSPS) is 11.6. The predicted octanol–water partition coefficient (Wildman–Crippen LogP) is 4.39. The first-order valence-corrected chi connectivity index (χ1v) is 6.53. The lowest BCUT2D eigenvalue weighted by Crippen LogP contribution is -2.15. The van der Waals surface area contributed by atoms with Gasteiger partial charge in [0, 0.05) is 0 Å². The molecule has 2 rings (SSSR count). The molecule has 6 heteroatoms. The number of carbonyl (C=O) groups is 1. The van der Waals surface area contributed by atoms with Crippen LogP contribution in [0, 0.1) is 0 Å². The third-order valence-electron chi connectivity index (χ3n) is 2.86. The van der Waals surface area contributed by atoms with Gasteiger partial charge in [0.25, 0.3) is 0 Å². The smallest absolute Gasteiger partial charge is 0.362 e. The van der Waals surface area contributed by atoms with Crippen molar-refractivity contribution in [2.24, 2.45) is 10.2 Å². The minimum atomic E-state index is -3.32. The van der Waals surface area contributed by atoms with Crippen LogP contribution in [-0.4, -0.2) is 19.1 Å². The highest BCUT2D eigenvalue weighted by molar-refractivity contribution is 5.89. The maximum Gasteiger partial charge on any atom is 0.362 e. The Morgan fingerprint density at radius 3 is 2.32 bits per heavy atom. The van der Waals surface area contributed by atoms with Crippen LogP contribution >= 0.6 is 0 Å². The number of carbonyl (C=O) groups excluding carboxylic acids is 1. The Kier molecular flexibility index (Phi) is 4.93. The van der Waals surface area contributed by atoms with E-state index in [0.717, 1.165) is 0 Å². The van der Waals surface area contributed by atoms with E-state index in [4.69, 9.17) is 0 Å². The molecule has 4 nitrogen and oxygen atoms in total. The number of halogens is 2. The fourth-order valence-corrected chi connectivity index (χ4v) is 1.78. The minimum Gasteiger partial charge on any atom is -0.465 e. The van der Waals surface area contributed by atoms with Crippen molar-refractivity contribution in [3.8, 4) is 0 Å². The number of azo groups is 1. The number of ether oxygens (including phenoxy) is 1. The lowest BCUT2D eigenvalue weighted by Gasteiger charge is -2.10. The predicted molar refractivity (Wildman–Crippen MR) is 77.4 cm³/mol.